The summed E-state index contributed by atoms with van der Waals surface area (Å²) < 4.78 is 17.1. The van der Waals surface area contributed by atoms with Crippen molar-refractivity contribution in [3.63, 3.8) is 0 Å². The van der Waals surface area contributed by atoms with E-state index in [1.807, 2.05) is 61.5 Å². The minimum Gasteiger partial charge on any atom is -0.487 e. The summed E-state index contributed by atoms with van der Waals surface area (Å²) >= 11 is 0. The van der Waals surface area contributed by atoms with Crippen molar-refractivity contribution in [1.82, 2.24) is 10.2 Å². The van der Waals surface area contributed by atoms with Gasteiger partial charge in [0, 0.05) is 24.6 Å². The van der Waals surface area contributed by atoms with Crippen molar-refractivity contribution in [2.24, 2.45) is 5.92 Å². The van der Waals surface area contributed by atoms with Crippen LogP contribution < -0.4 is 10.1 Å². The smallest absolute Gasteiger partial charge is 0.409 e. The zero-order valence-corrected chi connectivity index (χ0v) is 19.4. The lowest BCUT2D eigenvalue weighted by atomic mass is 9.87. The molecule has 0 spiro atoms. The van der Waals surface area contributed by atoms with Gasteiger partial charge < -0.3 is 29.5 Å². The molecular weight excluding hydrogens is 436 g/mol. The van der Waals surface area contributed by atoms with Crippen LogP contribution in [0.3, 0.4) is 0 Å². The van der Waals surface area contributed by atoms with Gasteiger partial charge in [-0.3, -0.25) is 4.79 Å². The Morgan fingerprint density at radius 2 is 1.88 bits per heavy atom. The Kier molecular flexibility index (Phi) is 7.25. The lowest BCUT2D eigenvalue weighted by Crippen LogP contribution is -2.29. The normalized spacial score (nSPS) is 21.7. The molecule has 1 saturated heterocycles. The van der Waals surface area contributed by atoms with E-state index in [2.05, 4.69) is 5.32 Å². The van der Waals surface area contributed by atoms with E-state index in [9.17, 15) is 14.7 Å². The third kappa shape index (κ3) is 5.44. The van der Waals surface area contributed by atoms with E-state index in [4.69, 9.17) is 14.2 Å². The number of likely N-dealkylation sites (tertiary alicyclic amines) is 1. The number of allylic oxidation sites excluding steroid dienone is 1. The van der Waals surface area contributed by atoms with Gasteiger partial charge in [-0.15, -0.1) is 0 Å². The van der Waals surface area contributed by atoms with Gasteiger partial charge >= 0.3 is 12.1 Å². The van der Waals surface area contributed by atoms with Crippen molar-refractivity contribution in [3.8, 4) is 5.75 Å². The number of carboxylic acids is 1. The van der Waals surface area contributed by atoms with Crippen LogP contribution in [0, 0.1) is 5.92 Å². The molecule has 2 aromatic carbocycles. The third-order valence-corrected chi connectivity index (χ3v) is 6.20. The molecule has 0 radical (unpaired) electrons. The van der Waals surface area contributed by atoms with Crippen molar-refractivity contribution in [3.05, 3.63) is 77.2 Å². The van der Waals surface area contributed by atoms with Gasteiger partial charge in [0.2, 0.25) is 0 Å². The Hall–Kier alpha value is -3.68. The van der Waals surface area contributed by atoms with Crippen LogP contribution in [-0.2, 0) is 14.3 Å². The summed E-state index contributed by atoms with van der Waals surface area (Å²) in [6.45, 7) is 5.03. The fourth-order valence-corrected chi connectivity index (χ4v) is 4.49. The first-order valence-corrected chi connectivity index (χ1v) is 11.5. The Morgan fingerprint density at radius 3 is 2.62 bits per heavy atom. The van der Waals surface area contributed by atoms with E-state index in [0.717, 1.165) is 22.6 Å². The number of rotatable bonds is 8. The highest BCUT2D eigenvalue weighted by molar-refractivity contribution is 5.70. The maximum atomic E-state index is 12.2. The van der Waals surface area contributed by atoms with Crippen LogP contribution in [-0.4, -0.2) is 48.4 Å². The van der Waals surface area contributed by atoms with Gasteiger partial charge in [-0.1, -0.05) is 42.5 Å². The molecular formula is C26H30N2O6. The van der Waals surface area contributed by atoms with E-state index < -0.39 is 12.1 Å². The molecule has 0 aromatic heterocycles. The molecule has 1 amide bonds. The van der Waals surface area contributed by atoms with E-state index >= 15 is 0 Å². The molecule has 2 aliphatic rings. The molecule has 2 aliphatic heterocycles. The summed E-state index contributed by atoms with van der Waals surface area (Å²) in [6, 6.07) is 17.6. The van der Waals surface area contributed by atoms with Gasteiger partial charge in [-0.25, -0.2) is 4.79 Å². The number of benzene rings is 2. The van der Waals surface area contributed by atoms with Gasteiger partial charge in [-0.05, 0) is 37.5 Å². The van der Waals surface area contributed by atoms with Crippen molar-refractivity contribution in [2.75, 3.05) is 26.3 Å². The van der Waals surface area contributed by atoms with Crippen molar-refractivity contribution in [1.29, 1.82) is 0 Å². The van der Waals surface area contributed by atoms with E-state index in [0.29, 0.717) is 25.4 Å². The average Bonchev–Trinajstić information content (AvgIpc) is 3.42. The number of nitrogens with one attached hydrogen (secondary N) is 1. The topological polar surface area (TPSA) is 97.3 Å². The Labute approximate surface area is 199 Å². The molecule has 4 rings (SSSR count). The second-order valence-corrected chi connectivity index (χ2v) is 8.52. The van der Waals surface area contributed by atoms with Crippen molar-refractivity contribution in [2.45, 2.75) is 32.4 Å². The summed E-state index contributed by atoms with van der Waals surface area (Å²) in [4.78, 5) is 25.3. The SMILES string of the molecule is CCOC(=O)N1C[C@H](CC(=O)O)[C@H](c2cccc(OCC3=C(C)OC(c4ccccc4)N3)c2)C1. The summed E-state index contributed by atoms with van der Waals surface area (Å²) in [7, 11) is 0. The minimum atomic E-state index is -0.879. The van der Waals surface area contributed by atoms with Crippen molar-refractivity contribution >= 4 is 12.1 Å². The second-order valence-electron chi connectivity index (χ2n) is 8.52. The molecule has 1 fully saturated rings. The highest BCUT2D eigenvalue weighted by Gasteiger charge is 2.38. The molecule has 2 aromatic rings. The highest BCUT2D eigenvalue weighted by atomic mass is 16.6. The Balaban J connectivity index is 1.42. The van der Waals surface area contributed by atoms with Gasteiger partial charge in [0.15, 0.2) is 6.23 Å². The number of ether oxygens (including phenoxy) is 3. The first-order chi connectivity index (χ1) is 16.4. The summed E-state index contributed by atoms with van der Waals surface area (Å²) in [5, 5.41) is 12.7. The number of carbonyl (C=O) groups excluding carboxylic acids is 1. The largest absolute Gasteiger partial charge is 0.487 e. The monoisotopic (exact) mass is 466 g/mol. The summed E-state index contributed by atoms with van der Waals surface area (Å²) in [6.07, 6.45) is -0.661. The first-order valence-electron chi connectivity index (χ1n) is 11.5. The molecule has 0 bridgehead atoms. The quantitative estimate of drug-likeness (QED) is 0.600. The maximum Gasteiger partial charge on any atom is 0.409 e. The Morgan fingerprint density at radius 1 is 1.12 bits per heavy atom. The zero-order valence-electron chi connectivity index (χ0n) is 19.4. The highest BCUT2D eigenvalue weighted by Crippen LogP contribution is 2.36. The standard InChI is InChI=1S/C26H30N2O6/c1-3-32-26(31)28-14-20(13-24(29)30)22(15-28)19-10-7-11-21(12-19)33-16-23-17(2)34-25(27-23)18-8-5-4-6-9-18/h4-12,20,22,25,27H,3,13-16H2,1-2H3,(H,29,30)/t20-,22-,25?/m0/s1. The molecule has 34 heavy (non-hydrogen) atoms. The Bertz CT molecular complexity index is 1050. The van der Waals surface area contributed by atoms with Gasteiger partial charge in [-0.2, -0.15) is 0 Å². The molecule has 180 valence electrons. The molecule has 3 atom stereocenters. The number of carboxylic acid groups (broad SMARTS) is 1. The fourth-order valence-electron chi connectivity index (χ4n) is 4.49. The molecule has 8 nitrogen and oxygen atoms in total. The number of carbonyl (C=O) groups is 2. The number of hydrogen-bond donors (Lipinski definition) is 2. The van der Waals surface area contributed by atoms with E-state index in [-0.39, 0.29) is 31.1 Å². The van der Waals surface area contributed by atoms with Gasteiger partial charge in [0.25, 0.3) is 0 Å². The molecule has 8 heteroatoms. The zero-order chi connectivity index (χ0) is 24.1. The van der Waals surface area contributed by atoms with Gasteiger partial charge in [0.1, 0.15) is 18.1 Å². The fraction of sp³-hybridized carbons (Fsp3) is 0.385. The van der Waals surface area contributed by atoms with Crippen LogP contribution >= 0.6 is 0 Å². The number of aliphatic carboxylic acids is 1. The molecule has 0 saturated carbocycles. The minimum absolute atomic E-state index is 0.0140. The molecule has 1 unspecified atom stereocenters. The van der Waals surface area contributed by atoms with Crippen LogP contribution in [0.2, 0.25) is 0 Å². The molecule has 2 N–H and O–H groups in total. The van der Waals surface area contributed by atoms with Gasteiger partial charge in [0.05, 0.1) is 18.7 Å². The lowest BCUT2D eigenvalue weighted by Gasteiger charge is -2.18. The predicted molar refractivity (Wildman–Crippen MR) is 125 cm³/mol. The predicted octanol–water partition coefficient (Wildman–Crippen LogP) is 4.26. The molecule has 2 heterocycles. The average molecular weight is 467 g/mol. The van der Waals surface area contributed by atoms with Crippen molar-refractivity contribution < 1.29 is 28.9 Å². The van der Waals surface area contributed by atoms with Crippen LogP contribution in [0.1, 0.15) is 43.5 Å². The van der Waals surface area contributed by atoms with E-state index in [1.165, 1.54) is 0 Å². The van der Waals surface area contributed by atoms with Crippen LogP contribution in [0.5, 0.6) is 5.75 Å². The third-order valence-electron chi connectivity index (χ3n) is 6.20. The van der Waals surface area contributed by atoms with Crippen LogP contribution in [0.15, 0.2) is 66.1 Å². The van der Waals surface area contributed by atoms with Crippen LogP contribution in [0.4, 0.5) is 4.79 Å². The van der Waals surface area contributed by atoms with E-state index in [1.54, 1.807) is 11.8 Å². The number of hydrogen-bond acceptors (Lipinski definition) is 6. The number of amides is 1. The number of nitrogens with zero attached hydrogens (tertiary/aromatic N) is 1. The summed E-state index contributed by atoms with van der Waals surface area (Å²) in [5.41, 5.74) is 2.85. The van der Waals surface area contributed by atoms with Crippen LogP contribution in [0.25, 0.3) is 0 Å². The second kappa shape index (κ2) is 10.5. The lowest BCUT2D eigenvalue weighted by molar-refractivity contribution is -0.138. The first kappa shape index (κ1) is 23.5. The molecule has 0 aliphatic carbocycles. The summed E-state index contributed by atoms with van der Waals surface area (Å²) in [5.74, 6) is 0.272. The maximum absolute atomic E-state index is 12.2.